The molecule has 0 aromatic heterocycles. The molecule has 2 aromatic rings. The molecule has 8 nitrogen and oxygen atoms in total. The van der Waals surface area contributed by atoms with Gasteiger partial charge in [0.2, 0.25) is 10.0 Å². The molecule has 1 atom stereocenters. The van der Waals surface area contributed by atoms with E-state index in [2.05, 4.69) is 5.32 Å². The van der Waals surface area contributed by atoms with Crippen LogP contribution in [0, 0.1) is 5.92 Å². The van der Waals surface area contributed by atoms with Crippen LogP contribution < -0.4 is 10.1 Å². The zero-order valence-corrected chi connectivity index (χ0v) is 19.0. The molecule has 0 aliphatic carbocycles. The number of carbonyl (C=O) groups excluding carboxylic acids is 2. The zero-order valence-electron chi connectivity index (χ0n) is 18.2. The number of rotatable bonds is 8. The molecule has 2 aromatic carbocycles. The number of ether oxygens (including phenoxy) is 2. The van der Waals surface area contributed by atoms with Crippen molar-refractivity contribution in [1.82, 2.24) is 4.31 Å². The van der Waals surface area contributed by atoms with Gasteiger partial charge in [0.05, 0.1) is 12.2 Å². The predicted octanol–water partition coefficient (Wildman–Crippen LogP) is 2.81. The summed E-state index contributed by atoms with van der Waals surface area (Å²) in [6.45, 7) is 2.51. The van der Waals surface area contributed by atoms with Crippen molar-refractivity contribution < 1.29 is 27.5 Å². The summed E-state index contributed by atoms with van der Waals surface area (Å²) < 4.78 is 35.5. The summed E-state index contributed by atoms with van der Waals surface area (Å²) in [7, 11) is -3.26. The molecule has 1 saturated heterocycles. The first-order valence-electron chi connectivity index (χ1n) is 10.5. The molecule has 0 radical (unpaired) electrons. The molecular weight excluding hydrogens is 432 g/mol. The second kappa shape index (κ2) is 10.6. The van der Waals surface area contributed by atoms with E-state index in [9.17, 15) is 18.0 Å². The van der Waals surface area contributed by atoms with Crippen LogP contribution >= 0.6 is 0 Å². The number of anilines is 1. The molecular formula is C23H28N2O6S. The van der Waals surface area contributed by atoms with E-state index >= 15 is 0 Å². The number of hydrogen-bond acceptors (Lipinski definition) is 6. The van der Waals surface area contributed by atoms with E-state index in [-0.39, 0.29) is 13.1 Å². The summed E-state index contributed by atoms with van der Waals surface area (Å²) in [5.74, 6) is -0.661. The molecule has 9 heteroatoms. The monoisotopic (exact) mass is 460 g/mol. The first kappa shape index (κ1) is 23.7. The van der Waals surface area contributed by atoms with Gasteiger partial charge in [-0.25, -0.2) is 12.7 Å². The highest BCUT2D eigenvalue weighted by Gasteiger charge is 2.31. The summed E-state index contributed by atoms with van der Waals surface area (Å²) in [5, 5.41) is 2.72. The van der Waals surface area contributed by atoms with Gasteiger partial charge in [0.15, 0.2) is 6.10 Å². The highest BCUT2D eigenvalue weighted by atomic mass is 32.2. The summed E-state index contributed by atoms with van der Waals surface area (Å²) in [6.07, 6.45) is 0.944. The van der Waals surface area contributed by atoms with Crippen LogP contribution in [-0.2, 0) is 31.0 Å². The highest BCUT2D eigenvalue weighted by molar-refractivity contribution is 7.88. The molecule has 1 N–H and O–H groups in total. The van der Waals surface area contributed by atoms with Crippen molar-refractivity contribution >= 4 is 27.6 Å². The third-order valence-electron chi connectivity index (χ3n) is 5.29. The maximum Gasteiger partial charge on any atom is 0.309 e. The van der Waals surface area contributed by atoms with E-state index in [0.29, 0.717) is 30.9 Å². The Labute approximate surface area is 188 Å². The minimum atomic E-state index is -3.26. The van der Waals surface area contributed by atoms with Crippen LogP contribution in [0.25, 0.3) is 0 Å². The number of esters is 1. The van der Waals surface area contributed by atoms with Gasteiger partial charge >= 0.3 is 5.97 Å². The second-order valence-corrected chi connectivity index (χ2v) is 9.79. The van der Waals surface area contributed by atoms with Crippen molar-refractivity contribution in [3.63, 3.8) is 0 Å². The third-order valence-corrected chi connectivity index (χ3v) is 6.59. The number of nitrogens with zero attached hydrogens (tertiary/aromatic N) is 1. The largest absolute Gasteiger partial charge is 0.489 e. The van der Waals surface area contributed by atoms with E-state index in [1.165, 1.54) is 11.2 Å². The summed E-state index contributed by atoms with van der Waals surface area (Å²) in [5.41, 5.74) is 1.62. The lowest BCUT2D eigenvalue weighted by atomic mass is 9.98. The van der Waals surface area contributed by atoms with E-state index in [4.69, 9.17) is 9.47 Å². The molecule has 1 unspecified atom stereocenters. The van der Waals surface area contributed by atoms with Gasteiger partial charge in [-0.2, -0.15) is 0 Å². The number of piperidine rings is 1. The van der Waals surface area contributed by atoms with Crippen LogP contribution in [0.3, 0.4) is 0 Å². The van der Waals surface area contributed by atoms with Crippen molar-refractivity contribution in [3.05, 3.63) is 60.2 Å². The number of carbonyl (C=O) groups is 2. The Bertz CT molecular complexity index is 1020. The summed E-state index contributed by atoms with van der Waals surface area (Å²) >= 11 is 0. The molecule has 0 bridgehead atoms. The van der Waals surface area contributed by atoms with E-state index in [0.717, 1.165) is 11.8 Å². The fourth-order valence-electron chi connectivity index (χ4n) is 3.37. The Morgan fingerprint density at radius 1 is 1.06 bits per heavy atom. The standard InChI is InChI=1S/C23H28N2O6S/c1-17(31-23(27)19-12-14-25(15-13-19)32(2,28)29)22(26)24-20-8-10-21(11-9-20)30-16-18-6-4-3-5-7-18/h3-11,17,19H,12-16H2,1-2H3,(H,24,26). The first-order chi connectivity index (χ1) is 15.2. The SMILES string of the molecule is CC(OC(=O)C1CCN(S(C)(=O)=O)CC1)C(=O)Nc1ccc(OCc2ccccc2)cc1. The molecule has 172 valence electrons. The molecule has 1 fully saturated rings. The molecule has 1 amide bonds. The van der Waals surface area contributed by atoms with Crippen molar-refractivity contribution in [2.75, 3.05) is 24.7 Å². The molecule has 32 heavy (non-hydrogen) atoms. The Morgan fingerprint density at radius 3 is 2.28 bits per heavy atom. The average molecular weight is 461 g/mol. The van der Waals surface area contributed by atoms with Gasteiger partial charge in [-0.05, 0) is 49.6 Å². The number of benzene rings is 2. The van der Waals surface area contributed by atoms with Gasteiger partial charge < -0.3 is 14.8 Å². The topological polar surface area (TPSA) is 102 Å². The predicted molar refractivity (Wildman–Crippen MR) is 121 cm³/mol. The first-order valence-corrected chi connectivity index (χ1v) is 12.3. The van der Waals surface area contributed by atoms with Crippen LogP contribution in [0.15, 0.2) is 54.6 Å². The van der Waals surface area contributed by atoms with Gasteiger partial charge in [0, 0.05) is 18.8 Å². The van der Waals surface area contributed by atoms with Crippen LogP contribution in [0.1, 0.15) is 25.3 Å². The summed E-state index contributed by atoms with van der Waals surface area (Å²) in [6, 6.07) is 16.7. The van der Waals surface area contributed by atoms with Crippen LogP contribution in [0.5, 0.6) is 5.75 Å². The maximum absolute atomic E-state index is 12.4. The highest BCUT2D eigenvalue weighted by Crippen LogP contribution is 2.22. The van der Waals surface area contributed by atoms with Crippen LogP contribution in [0.2, 0.25) is 0 Å². The summed E-state index contributed by atoms with van der Waals surface area (Å²) in [4.78, 5) is 24.8. The smallest absolute Gasteiger partial charge is 0.309 e. The lowest BCUT2D eigenvalue weighted by molar-refractivity contribution is -0.158. The van der Waals surface area contributed by atoms with Crippen LogP contribution in [0.4, 0.5) is 5.69 Å². The average Bonchev–Trinajstić information content (AvgIpc) is 2.78. The molecule has 1 aliphatic rings. The number of hydrogen-bond donors (Lipinski definition) is 1. The van der Waals surface area contributed by atoms with Gasteiger partial charge in [-0.15, -0.1) is 0 Å². The van der Waals surface area contributed by atoms with Crippen molar-refractivity contribution in [2.24, 2.45) is 5.92 Å². The Balaban J connectivity index is 1.44. The second-order valence-electron chi connectivity index (χ2n) is 7.80. The van der Waals surface area contributed by atoms with E-state index in [1.54, 1.807) is 24.3 Å². The fraction of sp³-hybridized carbons (Fsp3) is 0.391. The van der Waals surface area contributed by atoms with Crippen LogP contribution in [-0.4, -0.2) is 50.0 Å². The van der Waals surface area contributed by atoms with Gasteiger partial charge in [-0.1, -0.05) is 30.3 Å². The van der Waals surface area contributed by atoms with Gasteiger partial charge in [0.25, 0.3) is 5.91 Å². The maximum atomic E-state index is 12.4. The lowest BCUT2D eigenvalue weighted by Gasteiger charge is -2.29. The van der Waals surface area contributed by atoms with E-state index in [1.807, 2.05) is 30.3 Å². The fourth-order valence-corrected chi connectivity index (χ4v) is 4.24. The molecule has 0 spiro atoms. The number of amides is 1. The lowest BCUT2D eigenvalue weighted by Crippen LogP contribution is -2.41. The molecule has 1 aliphatic heterocycles. The van der Waals surface area contributed by atoms with Crippen molar-refractivity contribution in [3.8, 4) is 5.75 Å². The Kier molecular flexibility index (Phi) is 7.87. The Hall–Kier alpha value is -2.91. The minimum Gasteiger partial charge on any atom is -0.489 e. The minimum absolute atomic E-state index is 0.276. The number of nitrogens with one attached hydrogen (secondary N) is 1. The third kappa shape index (κ3) is 6.80. The molecule has 0 saturated carbocycles. The normalized spacial score (nSPS) is 16.2. The molecule has 3 rings (SSSR count). The molecule has 1 heterocycles. The van der Waals surface area contributed by atoms with Gasteiger partial charge in [-0.3, -0.25) is 9.59 Å². The quantitative estimate of drug-likeness (QED) is 0.608. The van der Waals surface area contributed by atoms with Crippen molar-refractivity contribution in [1.29, 1.82) is 0 Å². The van der Waals surface area contributed by atoms with Crippen molar-refractivity contribution in [2.45, 2.75) is 32.5 Å². The Morgan fingerprint density at radius 2 is 1.69 bits per heavy atom. The number of sulfonamides is 1. The van der Waals surface area contributed by atoms with Gasteiger partial charge in [0.1, 0.15) is 12.4 Å². The van der Waals surface area contributed by atoms with E-state index < -0.39 is 33.9 Å². The zero-order chi connectivity index (χ0) is 23.1.